The number of carbonyl (C=O) groups is 1. The number of H-pyrrole nitrogens is 1. The quantitative estimate of drug-likeness (QED) is 0.336. The van der Waals surface area contributed by atoms with Crippen molar-refractivity contribution in [3.63, 3.8) is 0 Å². The maximum Gasteiger partial charge on any atom is 0.251 e. The molecule has 0 saturated carbocycles. The normalized spacial score (nSPS) is 13.0. The highest BCUT2D eigenvalue weighted by molar-refractivity contribution is 7.91. The zero-order chi connectivity index (χ0) is 26.2. The van der Waals surface area contributed by atoms with Crippen molar-refractivity contribution in [1.82, 2.24) is 20.2 Å². The van der Waals surface area contributed by atoms with E-state index in [-0.39, 0.29) is 23.1 Å². The van der Waals surface area contributed by atoms with Crippen LogP contribution >= 0.6 is 0 Å². The summed E-state index contributed by atoms with van der Waals surface area (Å²) in [5.41, 5.74) is 5.08. The van der Waals surface area contributed by atoms with Crippen LogP contribution in [-0.4, -0.2) is 73.3 Å². The van der Waals surface area contributed by atoms with Gasteiger partial charge in [0.15, 0.2) is 9.84 Å². The first-order valence-corrected chi connectivity index (χ1v) is 13.5. The number of rotatable bonds is 8. The average molecular weight is 509 g/mol. The number of benzene rings is 2. The van der Waals surface area contributed by atoms with Gasteiger partial charge in [0, 0.05) is 35.6 Å². The number of fused-ring (bicyclic) bond motifs is 3. The number of hydrogen-bond donors (Lipinski definition) is 3. The van der Waals surface area contributed by atoms with Crippen molar-refractivity contribution in [2.45, 2.75) is 31.8 Å². The highest BCUT2D eigenvalue weighted by atomic mass is 32.2. The molecule has 0 spiro atoms. The number of pyridine rings is 1. The van der Waals surface area contributed by atoms with Crippen LogP contribution in [0.2, 0.25) is 0 Å². The summed E-state index contributed by atoms with van der Waals surface area (Å²) in [5, 5.41) is 14.8. The molecule has 1 atom stereocenters. The van der Waals surface area contributed by atoms with Gasteiger partial charge >= 0.3 is 0 Å². The van der Waals surface area contributed by atoms with Crippen molar-refractivity contribution < 1.29 is 18.3 Å². The van der Waals surface area contributed by atoms with Crippen molar-refractivity contribution in [2.75, 3.05) is 32.9 Å². The van der Waals surface area contributed by atoms with Crippen molar-refractivity contribution in [3.8, 4) is 11.1 Å². The Labute approximate surface area is 211 Å². The fourth-order valence-electron chi connectivity index (χ4n) is 4.47. The molecule has 8 nitrogen and oxygen atoms in total. The first kappa shape index (κ1) is 25.8. The maximum atomic E-state index is 13.3. The number of nitrogens with zero attached hydrogens (tertiary/aromatic N) is 2. The Morgan fingerprint density at radius 3 is 2.64 bits per heavy atom. The van der Waals surface area contributed by atoms with Crippen LogP contribution in [0.25, 0.3) is 33.1 Å². The minimum atomic E-state index is -3.41. The van der Waals surface area contributed by atoms with Crippen molar-refractivity contribution >= 4 is 37.7 Å². The molecule has 0 fully saturated rings. The topological polar surface area (TPSA) is 115 Å². The summed E-state index contributed by atoms with van der Waals surface area (Å²) in [6, 6.07) is 10.7. The van der Waals surface area contributed by atoms with Gasteiger partial charge in [0.2, 0.25) is 0 Å². The molecule has 36 heavy (non-hydrogen) atoms. The van der Waals surface area contributed by atoms with Crippen LogP contribution in [0.3, 0.4) is 0 Å². The number of aryl methyl sites for hydroxylation is 2. The summed E-state index contributed by atoms with van der Waals surface area (Å²) < 4.78 is 25.2. The van der Waals surface area contributed by atoms with Crippen LogP contribution in [-0.2, 0) is 9.84 Å². The van der Waals surface area contributed by atoms with Crippen LogP contribution in [0.5, 0.6) is 0 Å². The molecule has 1 amide bonds. The largest absolute Gasteiger partial charge is 0.390 e. The van der Waals surface area contributed by atoms with Crippen LogP contribution < -0.4 is 5.32 Å². The second kappa shape index (κ2) is 10.0. The Morgan fingerprint density at radius 1 is 1.19 bits per heavy atom. The molecule has 0 radical (unpaired) electrons. The summed E-state index contributed by atoms with van der Waals surface area (Å²) in [5.74, 6) is -0.313. The number of likely N-dealkylation sites (N-methyl/N-ethyl adjacent to an activating group) is 1. The predicted octanol–water partition coefficient (Wildman–Crippen LogP) is 3.45. The maximum absolute atomic E-state index is 13.3. The van der Waals surface area contributed by atoms with Gasteiger partial charge in [-0.25, -0.2) is 13.4 Å². The molecule has 2 aromatic carbocycles. The van der Waals surface area contributed by atoms with Gasteiger partial charge in [0.05, 0.1) is 22.3 Å². The van der Waals surface area contributed by atoms with Crippen LogP contribution in [0, 0.1) is 13.8 Å². The first-order valence-electron chi connectivity index (χ1n) is 11.9. The fraction of sp³-hybridized carbons (Fsp3) is 0.333. The molecular weight excluding hydrogens is 476 g/mol. The van der Waals surface area contributed by atoms with Crippen molar-refractivity contribution in [1.29, 1.82) is 0 Å². The Morgan fingerprint density at radius 2 is 1.94 bits per heavy atom. The molecule has 9 heteroatoms. The fourth-order valence-corrected chi connectivity index (χ4v) is 5.40. The van der Waals surface area contributed by atoms with Gasteiger partial charge in [0.25, 0.3) is 5.91 Å². The van der Waals surface area contributed by atoms with E-state index in [1.807, 2.05) is 45.0 Å². The van der Waals surface area contributed by atoms with Crippen LogP contribution in [0.4, 0.5) is 0 Å². The Bertz CT molecular complexity index is 1560. The third-order valence-electron chi connectivity index (χ3n) is 6.33. The molecule has 0 aliphatic rings. The van der Waals surface area contributed by atoms with E-state index in [9.17, 15) is 18.3 Å². The number of aliphatic hydroxyl groups is 1. The number of carbonyl (C=O) groups excluding carboxylic acids is 1. The zero-order valence-electron chi connectivity index (χ0n) is 21.2. The van der Waals surface area contributed by atoms with E-state index in [2.05, 4.69) is 15.3 Å². The van der Waals surface area contributed by atoms with E-state index < -0.39 is 15.9 Å². The lowest BCUT2D eigenvalue weighted by molar-refractivity contribution is 0.0892. The molecule has 3 N–H and O–H groups in total. The van der Waals surface area contributed by atoms with Gasteiger partial charge in [-0.2, -0.15) is 0 Å². The highest BCUT2D eigenvalue weighted by Crippen LogP contribution is 2.38. The van der Waals surface area contributed by atoms with Crippen LogP contribution in [0.1, 0.15) is 28.4 Å². The van der Waals surface area contributed by atoms with Crippen LogP contribution in [0.15, 0.2) is 47.5 Å². The minimum absolute atomic E-state index is 0.00110. The lowest BCUT2D eigenvalue weighted by Gasteiger charge is -2.17. The molecule has 0 saturated heterocycles. The Balaban J connectivity index is 1.92. The lowest BCUT2D eigenvalue weighted by atomic mass is 9.93. The Kier molecular flexibility index (Phi) is 7.17. The monoisotopic (exact) mass is 508 g/mol. The average Bonchev–Trinajstić information content (AvgIpc) is 3.22. The molecule has 4 rings (SSSR count). The molecule has 4 aromatic rings. The first-order chi connectivity index (χ1) is 17.0. The number of aromatic amines is 1. The SMILES string of the molecule is CCS(=O)(=O)c1cccc(-c2cc(C(=O)NC[C@H](O)CN(C)C)c(C)c3[nH]c4ncc(C)cc4c23)c1. The molecule has 0 aliphatic heterocycles. The predicted molar refractivity (Wildman–Crippen MR) is 143 cm³/mol. The zero-order valence-corrected chi connectivity index (χ0v) is 22.0. The van der Waals surface area contributed by atoms with E-state index in [0.717, 1.165) is 33.0 Å². The Hall–Kier alpha value is -3.27. The van der Waals surface area contributed by atoms with Gasteiger partial charge in [-0.3, -0.25) is 4.79 Å². The van der Waals surface area contributed by atoms with E-state index >= 15 is 0 Å². The third kappa shape index (κ3) is 5.00. The van der Waals surface area contributed by atoms with E-state index in [0.29, 0.717) is 23.3 Å². The van der Waals surface area contributed by atoms with Crippen molar-refractivity contribution in [2.24, 2.45) is 0 Å². The summed E-state index contributed by atoms with van der Waals surface area (Å²) >= 11 is 0. The van der Waals surface area contributed by atoms with Crippen molar-refractivity contribution in [3.05, 3.63) is 59.3 Å². The van der Waals surface area contributed by atoms with E-state index in [4.69, 9.17) is 0 Å². The summed E-state index contributed by atoms with van der Waals surface area (Å²) in [4.78, 5) is 23.2. The molecule has 2 aromatic heterocycles. The summed E-state index contributed by atoms with van der Waals surface area (Å²) in [7, 11) is 0.298. The number of aliphatic hydroxyl groups excluding tert-OH is 1. The van der Waals surface area contributed by atoms with Gasteiger partial charge in [0.1, 0.15) is 5.65 Å². The second-order valence-corrected chi connectivity index (χ2v) is 11.7. The molecule has 0 bridgehead atoms. The third-order valence-corrected chi connectivity index (χ3v) is 8.06. The number of hydrogen-bond acceptors (Lipinski definition) is 6. The molecular formula is C27H32N4O4S. The molecule has 190 valence electrons. The summed E-state index contributed by atoms with van der Waals surface area (Å²) in [6.45, 7) is 5.99. The number of aromatic nitrogens is 2. The van der Waals surface area contributed by atoms with Gasteiger partial charge < -0.3 is 20.3 Å². The second-order valence-electron chi connectivity index (χ2n) is 9.44. The van der Waals surface area contributed by atoms with Gasteiger partial charge in [-0.1, -0.05) is 19.1 Å². The number of amides is 1. The van der Waals surface area contributed by atoms with Gasteiger partial charge in [-0.05, 0) is 74.5 Å². The van der Waals surface area contributed by atoms with E-state index in [1.54, 1.807) is 37.4 Å². The highest BCUT2D eigenvalue weighted by Gasteiger charge is 2.21. The lowest BCUT2D eigenvalue weighted by Crippen LogP contribution is -2.37. The number of sulfone groups is 1. The standard InChI is InChI=1S/C27H32N4O4S/c1-6-36(34,35)20-9-7-8-18(11-20)22-12-21(27(33)29-14-19(32)15-31(4)5)17(3)25-24(22)23-10-16(2)13-28-26(23)30-25/h7-13,19,32H,6,14-15H2,1-5H3,(H,28,30)(H,29,33)/t19-/m0/s1. The smallest absolute Gasteiger partial charge is 0.251 e. The number of nitrogens with one attached hydrogen (secondary N) is 2. The molecule has 0 unspecified atom stereocenters. The van der Waals surface area contributed by atoms with E-state index in [1.165, 1.54) is 0 Å². The molecule has 0 aliphatic carbocycles. The minimum Gasteiger partial charge on any atom is -0.390 e. The summed E-state index contributed by atoms with van der Waals surface area (Å²) in [6.07, 6.45) is 1.07. The molecule has 2 heterocycles. The van der Waals surface area contributed by atoms with Gasteiger partial charge in [-0.15, -0.1) is 0 Å².